The molecule has 0 amide bonds. The summed E-state index contributed by atoms with van der Waals surface area (Å²) in [6.07, 6.45) is 0. The van der Waals surface area contributed by atoms with Crippen LogP contribution in [0.3, 0.4) is 0 Å². The molecule has 1 aromatic carbocycles. The minimum absolute atomic E-state index is 0.115. The molecule has 1 aromatic rings. The summed E-state index contributed by atoms with van der Waals surface area (Å²) in [5.41, 5.74) is 12.0. The van der Waals surface area contributed by atoms with E-state index >= 15 is 0 Å². The van der Waals surface area contributed by atoms with Gasteiger partial charge in [0.1, 0.15) is 5.82 Å². The fourth-order valence-corrected chi connectivity index (χ4v) is 1.07. The molecule has 3 nitrogen and oxygen atoms in total. The van der Waals surface area contributed by atoms with E-state index in [1.54, 1.807) is 13.2 Å². The topological polar surface area (TPSA) is 61.3 Å². The molecule has 1 atom stereocenters. The smallest absolute Gasteiger partial charge is 0.146 e. The Bertz CT molecular complexity index is 291. The van der Waals surface area contributed by atoms with Crippen molar-refractivity contribution in [1.29, 1.82) is 0 Å². The Kier molecular flexibility index (Phi) is 3.22. The number of hydrogen-bond acceptors (Lipinski definition) is 3. The van der Waals surface area contributed by atoms with Gasteiger partial charge in [-0.25, -0.2) is 4.39 Å². The van der Waals surface area contributed by atoms with E-state index in [4.69, 9.17) is 16.2 Å². The van der Waals surface area contributed by atoms with Crippen molar-refractivity contribution in [1.82, 2.24) is 0 Å². The number of methoxy groups -OCH3 is 1. The van der Waals surface area contributed by atoms with E-state index in [0.717, 1.165) is 5.56 Å². The molecular formula is C9H13FN2O. The average molecular weight is 184 g/mol. The van der Waals surface area contributed by atoms with Crippen molar-refractivity contribution in [2.45, 2.75) is 6.04 Å². The summed E-state index contributed by atoms with van der Waals surface area (Å²) < 4.78 is 17.6. The van der Waals surface area contributed by atoms with Gasteiger partial charge >= 0.3 is 0 Å². The van der Waals surface area contributed by atoms with Gasteiger partial charge in [-0.3, -0.25) is 0 Å². The van der Waals surface area contributed by atoms with Crippen molar-refractivity contribution in [2.24, 2.45) is 5.73 Å². The number of nitrogens with two attached hydrogens (primary N) is 2. The first-order chi connectivity index (χ1) is 6.15. The number of benzene rings is 1. The molecule has 0 aliphatic heterocycles. The molecule has 72 valence electrons. The molecular weight excluding hydrogens is 171 g/mol. The molecule has 4 N–H and O–H groups in total. The molecule has 1 rings (SSSR count). The summed E-state index contributed by atoms with van der Waals surface area (Å²) >= 11 is 0. The van der Waals surface area contributed by atoms with Crippen LogP contribution in [0, 0.1) is 5.82 Å². The van der Waals surface area contributed by atoms with Crippen LogP contribution in [0.2, 0.25) is 0 Å². The van der Waals surface area contributed by atoms with E-state index < -0.39 is 5.82 Å². The van der Waals surface area contributed by atoms with Gasteiger partial charge in [0.05, 0.1) is 18.3 Å². The van der Waals surface area contributed by atoms with Crippen LogP contribution in [-0.4, -0.2) is 13.7 Å². The number of halogens is 1. The third-order valence-corrected chi connectivity index (χ3v) is 1.79. The van der Waals surface area contributed by atoms with Crippen molar-refractivity contribution in [3.8, 4) is 0 Å². The Hall–Kier alpha value is -1.13. The SMILES string of the molecule is COC[C@@H](N)c1ccc(F)c(N)c1. The number of nitrogen functional groups attached to an aromatic ring is 1. The van der Waals surface area contributed by atoms with Gasteiger partial charge in [0, 0.05) is 7.11 Å². The Morgan fingerprint density at radius 3 is 2.77 bits per heavy atom. The first kappa shape index (κ1) is 9.95. The zero-order valence-corrected chi connectivity index (χ0v) is 7.46. The van der Waals surface area contributed by atoms with Crippen LogP contribution in [0.5, 0.6) is 0 Å². The summed E-state index contributed by atoms with van der Waals surface area (Å²) in [5, 5.41) is 0. The minimum atomic E-state index is -0.423. The summed E-state index contributed by atoms with van der Waals surface area (Å²) in [6, 6.07) is 4.18. The number of ether oxygens (including phenoxy) is 1. The summed E-state index contributed by atoms with van der Waals surface area (Å²) in [4.78, 5) is 0. The van der Waals surface area contributed by atoms with E-state index in [9.17, 15) is 4.39 Å². The maximum absolute atomic E-state index is 12.8. The second kappa shape index (κ2) is 4.20. The fourth-order valence-electron chi connectivity index (χ4n) is 1.07. The monoisotopic (exact) mass is 184 g/mol. The van der Waals surface area contributed by atoms with Gasteiger partial charge in [0.2, 0.25) is 0 Å². The summed E-state index contributed by atoms with van der Waals surface area (Å²) in [5.74, 6) is -0.423. The third kappa shape index (κ3) is 2.40. The molecule has 0 radical (unpaired) electrons. The van der Waals surface area contributed by atoms with Crippen LogP contribution in [0.4, 0.5) is 10.1 Å². The first-order valence-electron chi connectivity index (χ1n) is 3.94. The van der Waals surface area contributed by atoms with E-state index in [-0.39, 0.29) is 11.7 Å². The molecule has 4 heteroatoms. The zero-order valence-electron chi connectivity index (χ0n) is 7.46. The third-order valence-electron chi connectivity index (χ3n) is 1.79. The van der Waals surface area contributed by atoms with E-state index in [0.29, 0.717) is 6.61 Å². The van der Waals surface area contributed by atoms with Crippen molar-refractivity contribution < 1.29 is 9.13 Å². The second-order valence-corrected chi connectivity index (χ2v) is 2.84. The van der Waals surface area contributed by atoms with Gasteiger partial charge in [-0.2, -0.15) is 0 Å². The minimum Gasteiger partial charge on any atom is -0.396 e. The first-order valence-corrected chi connectivity index (χ1v) is 3.94. The maximum atomic E-state index is 12.8. The molecule has 0 aliphatic rings. The lowest BCUT2D eigenvalue weighted by Gasteiger charge is -2.11. The highest BCUT2D eigenvalue weighted by atomic mass is 19.1. The van der Waals surface area contributed by atoms with Crippen LogP contribution in [0.1, 0.15) is 11.6 Å². The van der Waals surface area contributed by atoms with Crippen molar-refractivity contribution in [2.75, 3.05) is 19.5 Å². The second-order valence-electron chi connectivity index (χ2n) is 2.84. The van der Waals surface area contributed by atoms with Crippen molar-refractivity contribution in [3.63, 3.8) is 0 Å². The van der Waals surface area contributed by atoms with Gasteiger partial charge < -0.3 is 16.2 Å². The number of rotatable bonds is 3. The molecule has 0 spiro atoms. The highest BCUT2D eigenvalue weighted by Gasteiger charge is 2.07. The summed E-state index contributed by atoms with van der Waals surface area (Å²) in [7, 11) is 1.56. The molecule has 0 saturated carbocycles. The van der Waals surface area contributed by atoms with Crippen molar-refractivity contribution in [3.05, 3.63) is 29.6 Å². The Balaban J connectivity index is 2.84. The Labute approximate surface area is 76.5 Å². The largest absolute Gasteiger partial charge is 0.396 e. The summed E-state index contributed by atoms with van der Waals surface area (Å²) in [6.45, 7) is 0.394. The molecule has 0 unspecified atom stereocenters. The van der Waals surface area contributed by atoms with Gasteiger partial charge in [0.25, 0.3) is 0 Å². The van der Waals surface area contributed by atoms with E-state index in [2.05, 4.69) is 0 Å². The highest BCUT2D eigenvalue weighted by molar-refractivity contribution is 5.43. The molecule has 13 heavy (non-hydrogen) atoms. The Morgan fingerprint density at radius 1 is 1.54 bits per heavy atom. The van der Waals surface area contributed by atoms with Crippen LogP contribution >= 0.6 is 0 Å². The predicted octanol–water partition coefficient (Wildman–Crippen LogP) is 1.05. The van der Waals surface area contributed by atoms with Gasteiger partial charge in [-0.05, 0) is 17.7 Å². The Morgan fingerprint density at radius 2 is 2.23 bits per heavy atom. The fraction of sp³-hybridized carbons (Fsp3) is 0.333. The predicted molar refractivity (Wildman–Crippen MR) is 49.6 cm³/mol. The molecule has 0 aliphatic carbocycles. The maximum Gasteiger partial charge on any atom is 0.146 e. The highest BCUT2D eigenvalue weighted by Crippen LogP contribution is 2.17. The molecule has 0 heterocycles. The van der Waals surface area contributed by atoms with Crippen molar-refractivity contribution >= 4 is 5.69 Å². The number of anilines is 1. The lowest BCUT2D eigenvalue weighted by molar-refractivity contribution is 0.181. The van der Waals surface area contributed by atoms with Crippen LogP contribution < -0.4 is 11.5 Å². The van der Waals surface area contributed by atoms with Gasteiger partial charge in [-0.1, -0.05) is 6.07 Å². The van der Waals surface area contributed by atoms with Crippen LogP contribution in [-0.2, 0) is 4.74 Å². The lowest BCUT2D eigenvalue weighted by Crippen LogP contribution is -2.16. The average Bonchev–Trinajstić information content (AvgIpc) is 2.10. The molecule has 0 aromatic heterocycles. The standard InChI is InChI=1S/C9H13FN2O/c1-13-5-9(12)6-2-3-7(10)8(11)4-6/h2-4,9H,5,11-12H2,1H3/t9-/m1/s1. The van der Waals surface area contributed by atoms with Gasteiger partial charge in [0.15, 0.2) is 0 Å². The molecule has 0 fully saturated rings. The van der Waals surface area contributed by atoms with E-state index in [1.165, 1.54) is 12.1 Å². The normalized spacial score (nSPS) is 12.8. The molecule has 0 saturated heterocycles. The van der Waals surface area contributed by atoms with Crippen LogP contribution in [0.15, 0.2) is 18.2 Å². The quantitative estimate of drug-likeness (QED) is 0.690. The number of hydrogen-bond donors (Lipinski definition) is 2. The van der Waals surface area contributed by atoms with E-state index in [1.807, 2.05) is 0 Å². The van der Waals surface area contributed by atoms with Crippen LogP contribution in [0.25, 0.3) is 0 Å². The lowest BCUT2D eigenvalue weighted by atomic mass is 10.1. The molecule has 0 bridgehead atoms. The zero-order chi connectivity index (χ0) is 9.84. The van der Waals surface area contributed by atoms with Gasteiger partial charge in [-0.15, -0.1) is 0 Å².